The van der Waals surface area contributed by atoms with E-state index < -0.39 is 0 Å². The topological polar surface area (TPSA) is 90.1 Å². The number of para-hydroxylation sites is 1. The van der Waals surface area contributed by atoms with Crippen LogP contribution < -0.4 is 10.6 Å². The Kier molecular flexibility index (Phi) is 5.10. The van der Waals surface area contributed by atoms with Crippen molar-refractivity contribution in [1.29, 1.82) is 0 Å². The van der Waals surface area contributed by atoms with Gasteiger partial charge in [-0.2, -0.15) is 5.10 Å². The van der Waals surface area contributed by atoms with E-state index in [2.05, 4.69) is 20.8 Å². The van der Waals surface area contributed by atoms with E-state index in [9.17, 15) is 9.59 Å². The van der Waals surface area contributed by atoms with Gasteiger partial charge in [0.05, 0.1) is 5.52 Å². The van der Waals surface area contributed by atoms with Gasteiger partial charge in [0.1, 0.15) is 0 Å². The Morgan fingerprint density at radius 2 is 2.04 bits per heavy atom. The van der Waals surface area contributed by atoms with Gasteiger partial charge in [-0.15, -0.1) is 0 Å². The number of fused-ring (bicyclic) bond motifs is 1. The standard InChI is InChI=1S/C17H23N5O2/c1-22(12-6-9-18-10-7-12)15(23)8-11-19-17(24)16-13-4-2-3-5-14(13)20-21-16/h2-5,12,18H,6-11H2,1H3,(H,19,24)(H,20,21). The molecular formula is C17H23N5O2. The summed E-state index contributed by atoms with van der Waals surface area (Å²) < 4.78 is 0. The number of aromatic amines is 1. The van der Waals surface area contributed by atoms with E-state index in [4.69, 9.17) is 0 Å². The van der Waals surface area contributed by atoms with Crippen LogP contribution in [0.4, 0.5) is 0 Å². The molecule has 1 saturated heterocycles. The summed E-state index contributed by atoms with van der Waals surface area (Å²) in [6.07, 6.45) is 2.26. The van der Waals surface area contributed by atoms with Crippen molar-refractivity contribution in [2.24, 2.45) is 0 Å². The van der Waals surface area contributed by atoms with Gasteiger partial charge in [0.15, 0.2) is 5.69 Å². The second-order valence-corrected chi connectivity index (χ2v) is 6.11. The van der Waals surface area contributed by atoms with E-state index in [-0.39, 0.29) is 11.8 Å². The largest absolute Gasteiger partial charge is 0.350 e. The Hall–Kier alpha value is -2.41. The van der Waals surface area contributed by atoms with E-state index in [0.717, 1.165) is 36.8 Å². The molecule has 0 atom stereocenters. The summed E-state index contributed by atoms with van der Waals surface area (Å²) in [5.74, 6) is -0.196. The average Bonchev–Trinajstić information content (AvgIpc) is 3.06. The van der Waals surface area contributed by atoms with Crippen molar-refractivity contribution in [3.05, 3.63) is 30.0 Å². The van der Waals surface area contributed by atoms with Crippen LogP contribution in [0.2, 0.25) is 0 Å². The first-order valence-electron chi connectivity index (χ1n) is 8.34. The first-order valence-corrected chi connectivity index (χ1v) is 8.34. The van der Waals surface area contributed by atoms with Crippen LogP contribution in [0.25, 0.3) is 10.9 Å². The number of piperidine rings is 1. The Balaban J connectivity index is 1.50. The van der Waals surface area contributed by atoms with Gasteiger partial charge in [-0.25, -0.2) is 0 Å². The third-order valence-corrected chi connectivity index (χ3v) is 4.56. The number of carbonyl (C=O) groups excluding carboxylic acids is 2. The predicted octanol–water partition coefficient (Wildman–Crippen LogP) is 0.893. The maximum absolute atomic E-state index is 12.3. The molecule has 0 unspecified atom stereocenters. The molecule has 2 amide bonds. The Morgan fingerprint density at radius 1 is 1.29 bits per heavy atom. The van der Waals surface area contributed by atoms with Crippen molar-refractivity contribution in [3.63, 3.8) is 0 Å². The fraction of sp³-hybridized carbons (Fsp3) is 0.471. The normalized spacial score (nSPS) is 15.4. The highest BCUT2D eigenvalue weighted by Gasteiger charge is 2.22. The van der Waals surface area contributed by atoms with Gasteiger partial charge in [-0.3, -0.25) is 14.7 Å². The van der Waals surface area contributed by atoms with Crippen molar-refractivity contribution < 1.29 is 9.59 Å². The molecule has 1 aliphatic rings. The van der Waals surface area contributed by atoms with Crippen molar-refractivity contribution in [2.75, 3.05) is 26.7 Å². The van der Waals surface area contributed by atoms with Crippen LogP contribution in [0.1, 0.15) is 29.8 Å². The fourth-order valence-corrected chi connectivity index (χ4v) is 3.08. The maximum Gasteiger partial charge on any atom is 0.272 e. The summed E-state index contributed by atoms with van der Waals surface area (Å²) >= 11 is 0. The molecule has 2 aromatic rings. The van der Waals surface area contributed by atoms with Crippen LogP contribution in [0.15, 0.2) is 24.3 Å². The summed E-state index contributed by atoms with van der Waals surface area (Å²) in [5, 5.41) is 13.8. The summed E-state index contributed by atoms with van der Waals surface area (Å²) in [5.41, 5.74) is 1.19. The molecule has 1 aromatic heterocycles. The zero-order chi connectivity index (χ0) is 16.9. The molecule has 1 aliphatic heterocycles. The molecule has 24 heavy (non-hydrogen) atoms. The Bertz CT molecular complexity index is 721. The molecule has 7 heteroatoms. The van der Waals surface area contributed by atoms with Crippen LogP contribution >= 0.6 is 0 Å². The minimum absolute atomic E-state index is 0.0640. The molecule has 0 radical (unpaired) electrons. The van der Waals surface area contributed by atoms with Crippen LogP contribution in [-0.2, 0) is 4.79 Å². The molecule has 2 heterocycles. The van der Waals surface area contributed by atoms with Gasteiger partial charge in [-0.05, 0) is 32.0 Å². The van der Waals surface area contributed by atoms with E-state index in [1.807, 2.05) is 36.2 Å². The smallest absolute Gasteiger partial charge is 0.272 e. The minimum Gasteiger partial charge on any atom is -0.350 e. The molecule has 1 aromatic carbocycles. The van der Waals surface area contributed by atoms with Gasteiger partial charge in [-0.1, -0.05) is 18.2 Å². The number of hydrogen-bond donors (Lipinski definition) is 3. The molecule has 1 fully saturated rings. The lowest BCUT2D eigenvalue weighted by atomic mass is 10.1. The number of nitrogens with one attached hydrogen (secondary N) is 3. The zero-order valence-corrected chi connectivity index (χ0v) is 13.8. The number of carbonyl (C=O) groups is 2. The van der Waals surface area contributed by atoms with Crippen LogP contribution in [0, 0.1) is 0 Å². The van der Waals surface area contributed by atoms with Crippen molar-refractivity contribution in [2.45, 2.75) is 25.3 Å². The van der Waals surface area contributed by atoms with Crippen molar-refractivity contribution in [1.82, 2.24) is 25.7 Å². The molecule has 0 bridgehead atoms. The molecule has 0 aliphatic carbocycles. The first kappa shape index (κ1) is 16.4. The van der Waals surface area contributed by atoms with Crippen LogP contribution in [0.5, 0.6) is 0 Å². The lowest BCUT2D eigenvalue weighted by molar-refractivity contribution is -0.132. The number of hydrogen-bond acceptors (Lipinski definition) is 4. The summed E-state index contributed by atoms with van der Waals surface area (Å²) in [4.78, 5) is 26.3. The van der Waals surface area contributed by atoms with E-state index in [1.165, 1.54) is 0 Å². The highest BCUT2D eigenvalue weighted by molar-refractivity contribution is 6.04. The maximum atomic E-state index is 12.3. The zero-order valence-electron chi connectivity index (χ0n) is 13.8. The number of amides is 2. The molecule has 128 valence electrons. The van der Waals surface area contributed by atoms with Gasteiger partial charge >= 0.3 is 0 Å². The number of nitrogens with zero attached hydrogens (tertiary/aromatic N) is 2. The van der Waals surface area contributed by atoms with Crippen molar-refractivity contribution >= 4 is 22.7 Å². The monoisotopic (exact) mass is 329 g/mol. The summed E-state index contributed by atoms with van der Waals surface area (Å²) in [6.45, 7) is 2.21. The van der Waals surface area contributed by atoms with Gasteiger partial charge < -0.3 is 15.5 Å². The van der Waals surface area contributed by atoms with E-state index in [1.54, 1.807) is 0 Å². The second kappa shape index (κ2) is 7.44. The molecular weight excluding hydrogens is 306 g/mol. The number of rotatable bonds is 5. The third kappa shape index (κ3) is 3.56. The van der Waals surface area contributed by atoms with Crippen molar-refractivity contribution in [3.8, 4) is 0 Å². The molecule has 7 nitrogen and oxygen atoms in total. The van der Waals surface area contributed by atoms with Gasteiger partial charge in [0.25, 0.3) is 5.91 Å². The average molecular weight is 329 g/mol. The second-order valence-electron chi connectivity index (χ2n) is 6.11. The van der Waals surface area contributed by atoms with E-state index in [0.29, 0.717) is 24.7 Å². The third-order valence-electron chi connectivity index (χ3n) is 4.56. The quantitative estimate of drug-likeness (QED) is 0.760. The van der Waals surface area contributed by atoms with Crippen LogP contribution in [-0.4, -0.2) is 59.6 Å². The van der Waals surface area contributed by atoms with Gasteiger partial charge in [0, 0.05) is 31.4 Å². The Labute approximate surface area is 140 Å². The number of benzene rings is 1. The fourth-order valence-electron chi connectivity index (χ4n) is 3.08. The lowest BCUT2D eigenvalue weighted by Gasteiger charge is -2.31. The van der Waals surface area contributed by atoms with E-state index >= 15 is 0 Å². The van der Waals surface area contributed by atoms with Crippen LogP contribution in [0.3, 0.4) is 0 Å². The first-order chi connectivity index (χ1) is 11.7. The SMILES string of the molecule is CN(C(=O)CCNC(=O)c1n[nH]c2ccccc12)C1CCNCC1. The number of aromatic nitrogens is 2. The minimum atomic E-state index is -0.259. The molecule has 0 saturated carbocycles. The molecule has 3 N–H and O–H groups in total. The highest BCUT2D eigenvalue weighted by atomic mass is 16.2. The predicted molar refractivity (Wildman–Crippen MR) is 91.7 cm³/mol. The highest BCUT2D eigenvalue weighted by Crippen LogP contribution is 2.15. The molecule has 0 spiro atoms. The Morgan fingerprint density at radius 3 is 2.83 bits per heavy atom. The number of H-pyrrole nitrogens is 1. The summed E-state index contributed by atoms with van der Waals surface area (Å²) in [7, 11) is 1.85. The van der Waals surface area contributed by atoms with Gasteiger partial charge in [0.2, 0.25) is 5.91 Å². The molecule has 3 rings (SSSR count). The summed E-state index contributed by atoms with van der Waals surface area (Å²) in [6, 6.07) is 7.77. The lowest BCUT2D eigenvalue weighted by Crippen LogP contribution is -2.44.